The third-order valence-electron chi connectivity index (χ3n) is 4.18. The van der Waals surface area contributed by atoms with Gasteiger partial charge in [0.2, 0.25) is 5.91 Å². The highest BCUT2D eigenvalue weighted by Gasteiger charge is 2.44. The Morgan fingerprint density at radius 1 is 1.07 bits per heavy atom. The van der Waals surface area contributed by atoms with Crippen molar-refractivity contribution in [1.29, 1.82) is 0 Å². The number of hydrogen-bond acceptors (Lipinski definition) is 3. The largest absolute Gasteiger partial charge is 0.476 e. The van der Waals surface area contributed by atoms with Gasteiger partial charge in [0.15, 0.2) is 5.60 Å². The number of ether oxygens (including phenoxy) is 1. The van der Waals surface area contributed by atoms with E-state index in [0.717, 1.165) is 0 Å². The highest BCUT2D eigenvalue weighted by molar-refractivity contribution is 6.35. The highest BCUT2D eigenvalue weighted by Crippen LogP contribution is 2.40. The molecule has 0 bridgehead atoms. The van der Waals surface area contributed by atoms with Gasteiger partial charge in [-0.1, -0.05) is 34.8 Å². The number of halogens is 3. The molecular weight excluding hydrogens is 411 g/mol. The van der Waals surface area contributed by atoms with Crippen LogP contribution < -0.4 is 15.0 Å². The number of nitrogens with one attached hydrogen (secondary N) is 1. The molecule has 1 N–H and O–H groups in total. The minimum Gasteiger partial charge on any atom is -0.476 e. The maximum atomic E-state index is 13.0. The Hall–Kier alpha value is -1.95. The van der Waals surface area contributed by atoms with E-state index in [0.29, 0.717) is 32.2 Å². The molecule has 0 aliphatic carbocycles. The average molecular weight is 428 g/mol. The van der Waals surface area contributed by atoms with Crippen LogP contribution >= 0.6 is 34.8 Å². The van der Waals surface area contributed by atoms with Crippen molar-refractivity contribution in [3.05, 3.63) is 51.5 Å². The molecular formula is C19H17Cl3N2O3. The maximum absolute atomic E-state index is 13.0. The summed E-state index contributed by atoms with van der Waals surface area (Å²) in [5.41, 5.74) is -0.233. The minimum atomic E-state index is -1.12. The average Bonchev–Trinajstić information content (AvgIpc) is 2.55. The number of benzene rings is 2. The zero-order valence-corrected chi connectivity index (χ0v) is 17.1. The second kappa shape index (κ2) is 7.23. The van der Waals surface area contributed by atoms with Crippen molar-refractivity contribution in [3.63, 3.8) is 0 Å². The lowest BCUT2D eigenvalue weighted by molar-refractivity contribution is -0.134. The van der Waals surface area contributed by atoms with E-state index in [4.69, 9.17) is 39.5 Å². The summed E-state index contributed by atoms with van der Waals surface area (Å²) in [5, 5.41) is 3.96. The van der Waals surface area contributed by atoms with Crippen molar-refractivity contribution >= 4 is 58.0 Å². The van der Waals surface area contributed by atoms with Crippen LogP contribution in [0, 0.1) is 0 Å². The summed E-state index contributed by atoms with van der Waals surface area (Å²) < 4.78 is 5.78. The molecule has 2 aromatic carbocycles. The second-order valence-electron chi connectivity index (χ2n) is 6.72. The summed E-state index contributed by atoms with van der Waals surface area (Å²) >= 11 is 18.0. The van der Waals surface area contributed by atoms with Gasteiger partial charge in [-0.3, -0.25) is 14.5 Å². The number of anilines is 2. The van der Waals surface area contributed by atoms with Gasteiger partial charge in [0.25, 0.3) is 5.91 Å². The quantitative estimate of drug-likeness (QED) is 0.734. The molecule has 2 amide bonds. The fourth-order valence-electron chi connectivity index (χ4n) is 2.86. The highest BCUT2D eigenvalue weighted by atomic mass is 35.5. The molecule has 1 heterocycles. The number of carbonyl (C=O) groups excluding carboxylic acids is 2. The SMILES string of the molecule is CC(C(=O)Nc1cc(Cl)cc(Cl)c1)N1C(=O)C(C)(C)Oc2ccc(Cl)cc21. The molecule has 1 aliphatic heterocycles. The van der Waals surface area contributed by atoms with E-state index in [1.54, 1.807) is 57.2 Å². The summed E-state index contributed by atoms with van der Waals surface area (Å²) in [6.07, 6.45) is 0. The Bertz CT molecular complexity index is 910. The molecule has 0 spiro atoms. The van der Waals surface area contributed by atoms with E-state index in [2.05, 4.69) is 5.32 Å². The van der Waals surface area contributed by atoms with Crippen LogP contribution in [-0.2, 0) is 9.59 Å². The molecule has 5 nitrogen and oxygen atoms in total. The van der Waals surface area contributed by atoms with E-state index in [9.17, 15) is 9.59 Å². The lowest BCUT2D eigenvalue weighted by Gasteiger charge is -2.41. The number of amides is 2. The summed E-state index contributed by atoms with van der Waals surface area (Å²) in [4.78, 5) is 27.2. The van der Waals surface area contributed by atoms with Gasteiger partial charge >= 0.3 is 0 Å². The van der Waals surface area contributed by atoms with Crippen LogP contribution in [0.15, 0.2) is 36.4 Å². The standard InChI is InChI=1S/C19H17Cl3N2O3/c1-10(17(25)23-14-7-12(21)6-13(22)8-14)24-15-9-11(20)4-5-16(15)27-19(2,3)18(24)26/h4-10H,1-3H3,(H,23,25). The van der Waals surface area contributed by atoms with Gasteiger partial charge < -0.3 is 10.1 Å². The fourth-order valence-corrected chi connectivity index (χ4v) is 3.55. The van der Waals surface area contributed by atoms with Crippen molar-refractivity contribution in [2.75, 3.05) is 10.2 Å². The van der Waals surface area contributed by atoms with Crippen LogP contribution in [0.2, 0.25) is 15.1 Å². The van der Waals surface area contributed by atoms with Crippen LogP contribution in [0.25, 0.3) is 0 Å². The zero-order chi connectivity index (χ0) is 19.9. The van der Waals surface area contributed by atoms with Crippen LogP contribution in [0.1, 0.15) is 20.8 Å². The van der Waals surface area contributed by atoms with E-state index in [1.165, 1.54) is 4.90 Å². The zero-order valence-electron chi connectivity index (χ0n) is 14.8. The first kappa shape index (κ1) is 19.8. The smallest absolute Gasteiger partial charge is 0.271 e. The number of fused-ring (bicyclic) bond motifs is 1. The van der Waals surface area contributed by atoms with Crippen molar-refractivity contribution < 1.29 is 14.3 Å². The lowest BCUT2D eigenvalue weighted by atomic mass is 10.0. The van der Waals surface area contributed by atoms with Crippen molar-refractivity contribution in [2.45, 2.75) is 32.4 Å². The van der Waals surface area contributed by atoms with Crippen LogP contribution in [0.4, 0.5) is 11.4 Å². The van der Waals surface area contributed by atoms with Gasteiger partial charge in [0.05, 0.1) is 5.69 Å². The molecule has 0 radical (unpaired) electrons. The first-order valence-corrected chi connectivity index (χ1v) is 9.31. The summed E-state index contributed by atoms with van der Waals surface area (Å²) in [7, 11) is 0. The van der Waals surface area contributed by atoms with Crippen molar-refractivity contribution in [3.8, 4) is 5.75 Å². The topological polar surface area (TPSA) is 58.6 Å². The second-order valence-corrected chi connectivity index (χ2v) is 8.03. The third-order valence-corrected chi connectivity index (χ3v) is 4.85. The van der Waals surface area contributed by atoms with Gasteiger partial charge in [0, 0.05) is 20.8 Å². The molecule has 0 fully saturated rings. The molecule has 0 saturated carbocycles. The summed E-state index contributed by atoms with van der Waals surface area (Å²) in [5.74, 6) is -0.260. The Kier molecular flexibility index (Phi) is 5.30. The summed E-state index contributed by atoms with van der Waals surface area (Å²) in [6, 6.07) is 8.85. The minimum absolute atomic E-state index is 0.343. The molecule has 0 aromatic heterocycles. The molecule has 8 heteroatoms. The van der Waals surface area contributed by atoms with Crippen LogP contribution in [0.3, 0.4) is 0 Å². The number of hydrogen-bond donors (Lipinski definition) is 1. The van der Waals surface area contributed by atoms with Crippen molar-refractivity contribution in [1.82, 2.24) is 0 Å². The van der Waals surface area contributed by atoms with Crippen molar-refractivity contribution in [2.24, 2.45) is 0 Å². The Morgan fingerprint density at radius 2 is 1.70 bits per heavy atom. The van der Waals surface area contributed by atoms with E-state index in [-0.39, 0.29) is 5.91 Å². The Balaban J connectivity index is 1.94. The predicted octanol–water partition coefficient (Wildman–Crippen LogP) is 5.18. The van der Waals surface area contributed by atoms with Gasteiger partial charge in [-0.2, -0.15) is 0 Å². The fraction of sp³-hybridized carbons (Fsp3) is 0.263. The number of carbonyl (C=O) groups is 2. The Labute approximate surface area is 172 Å². The molecule has 27 heavy (non-hydrogen) atoms. The predicted molar refractivity (Wildman–Crippen MR) is 108 cm³/mol. The normalized spacial score (nSPS) is 16.4. The Morgan fingerprint density at radius 3 is 2.33 bits per heavy atom. The molecule has 2 aromatic rings. The lowest BCUT2D eigenvalue weighted by Crippen LogP contribution is -2.57. The maximum Gasteiger partial charge on any atom is 0.271 e. The van der Waals surface area contributed by atoms with Crippen LogP contribution in [-0.4, -0.2) is 23.5 Å². The molecule has 1 atom stereocenters. The first-order chi connectivity index (χ1) is 12.6. The van der Waals surface area contributed by atoms with E-state index >= 15 is 0 Å². The molecule has 1 aliphatic rings. The molecule has 3 rings (SSSR count). The molecule has 1 unspecified atom stereocenters. The monoisotopic (exact) mass is 426 g/mol. The first-order valence-electron chi connectivity index (χ1n) is 8.17. The van der Waals surface area contributed by atoms with Gasteiger partial charge in [-0.15, -0.1) is 0 Å². The number of nitrogens with zero attached hydrogens (tertiary/aromatic N) is 1. The summed E-state index contributed by atoms with van der Waals surface area (Å²) in [6.45, 7) is 4.94. The van der Waals surface area contributed by atoms with Gasteiger partial charge in [-0.05, 0) is 57.2 Å². The number of rotatable bonds is 3. The van der Waals surface area contributed by atoms with Crippen LogP contribution in [0.5, 0.6) is 5.75 Å². The van der Waals surface area contributed by atoms with E-state index < -0.39 is 17.6 Å². The molecule has 0 saturated heterocycles. The van der Waals surface area contributed by atoms with E-state index in [1.807, 2.05) is 0 Å². The molecule has 142 valence electrons. The third kappa shape index (κ3) is 4.00. The van der Waals surface area contributed by atoms with Gasteiger partial charge in [0.1, 0.15) is 11.8 Å². The van der Waals surface area contributed by atoms with Gasteiger partial charge in [-0.25, -0.2) is 0 Å².